The van der Waals surface area contributed by atoms with Crippen molar-refractivity contribution in [2.24, 2.45) is 5.92 Å². The Balaban J connectivity index is 2.07. The number of amides is 3. The first-order valence-electron chi connectivity index (χ1n) is 12.7. The summed E-state index contributed by atoms with van der Waals surface area (Å²) >= 11 is 0. The third kappa shape index (κ3) is 11.9. The van der Waals surface area contributed by atoms with Crippen LogP contribution >= 0.6 is 0 Å². The van der Waals surface area contributed by atoms with Crippen molar-refractivity contribution < 1.29 is 28.7 Å². The molecule has 0 heterocycles. The van der Waals surface area contributed by atoms with E-state index in [1.54, 1.807) is 20.8 Å². The minimum atomic E-state index is -0.958. The molecule has 2 atom stereocenters. The summed E-state index contributed by atoms with van der Waals surface area (Å²) in [6.07, 6.45) is -0.175. The molecule has 2 aromatic carbocycles. The Morgan fingerprint density at radius 3 is 1.95 bits per heavy atom. The van der Waals surface area contributed by atoms with Gasteiger partial charge in [-0.1, -0.05) is 74.5 Å². The van der Waals surface area contributed by atoms with E-state index in [2.05, 4.69) is 16.0 Å². The third-order valence-electron chi connectivity index (χ3n) is 5.26. The molecular formula is C29H39N3O6. The Kier molecular flexibility index (Phi) is 11.8. The van der Waals surface area contributed by atoms with E-state index in [4.69, 9.17) is 9.47 Å². The second-order valence-electron chi connectivity index (χ2n) is 10.4. The zero-order valence-electron chi connectivity index (χ0n) is 22.8. The van der Waals surface area contributed by atoms with Crippen LogP contribution in [0.1, 0.15) is 52.2 Å². The van der Waals surface area contributed by atoms with Crippen molar-refractivity contribution in [3.63, 3.8) is 0 Å². The molecule has 0 bridgehead atoms. The summed E-state index contributed by atoms with van der Waals surface area (Å²) in [6, 6.07) is 16.7. The predicted octanol–water partition coefficient (Wildman–Crippen LogP) is 3.51. The minimum absolute atomic E-state index is 0.0717. The van der Waals surface area contributed by atoms with Crippen molar-refractivity contribution in [1.82, 2.24) is 16.0 Å². The van der Waals surface area contributed by atoms with Crippen molar-refractivity contribution in [2.45, 2.75) is 71.8 Å². The number of ether oxygens (including phenoxy) is 2. The minimum Gasteiger partial charge on any atom is -0.459 e. The highest BCUT2D eigenvalue weighted by Crippen LogP contribution is 2.10. The summed E-state index contributed by atoms with van der Waals surface area (Å²) in [4.78, 5) is 50.7. The maximum Gasteiger partial charge on any atom is 0.408 e. The van der Waals surface area contributed by atoms with Gasteiger partial charge in [0.2, 0.25) is 11.8 Å². The van der Waals surface area contributed by atoms with Crippen LogP contribution in [0.3, 0.4) is 0 Å². The van der Waals surface area contributed by atoms with Gasteiger partial charge in [0.25, 0.3) is 0 Å². The summed E-state index contributed by atoms with van der Waals surface area (Å²) in [7, 11) is 0. The van der Waals surface area contributed by atoms with E-state index in [0.717, 1.165) is 11.1 Å². The quantitative estimate of drug-likeness (QED) is 0.365. The molecule has 38 heavy (non-hydrogen) atoms. The first-order chi connectivity index (χ1) is 17.9. The lowest BCUT2D eigenvalue weighted by Gasteiger charge is -2.24. The third-order valence-corrected chi connectivity index (χ3v) is 5.26. The number of rotatable bonds is 12. The molecule has 0 aliphatic heterocycles. The van der Waals surface area contributed by atoms with Crippen LogP contribution in [-0.2, 0) is 36.9 Å². The number of hydrogen-bond donors (Lipinski definition) is 3. The number of nitrogens with one attached hydrogen (secondary N) is 3. The Morgan fingerprint density at radius 2 is 1.39 bits per heavy atom. The Labute approximate surface area is 224 Å². The van der Waals surface area contributed by atoms with Crippen LogP contribution in [0, 0.1) is 5.92 Å². The molecule has 2 aromatic rings. The van der Waals surface area contributed by atoms with Crippen LogP contribution in [0.15, 0.2) is 60.7 Å². The fourth-order valence-corrected chi connectivity index (χ4v) is 3.56. The van der Waals surface area contributed by atoms with Gasteiger partial charge in [0.1, 0.15) is 30.8 Å². The molecule has 0 fully saturated rings. The van der Waals surface area contributed by atoms with Gasteiger partial charge in [-0.3, -0.25) is 9.59 Å². The molecule has 2 rings (SSSR count). The topological polar surface area (TPSA) is 123 Å². The average Bonchev–Trinajstić information content (AvgIpc) is 2.85. The fraction of sp³-hybridized carbons (Fsp3) is 0.448. The molecule has 0 saturated heterocycles. The van der Waals surface area contributed by atoms with Gasteiger partial charge in [0, 0.05) is 6.42 Å². The highest BCUT2D eigenvalue weighted by molar-refractivity contribution is 5.92. The lowest BCUT2D eigenvalue weighted by molar-refractivity contribution is -0.149. The van der Waals surface area contributed by atoms with Gasteiger partial charge in [-0.15, -0.1) is 0 Å². The van der Waals surface area contributed by atoms with Crippen molar-refractivity contribution in [3.8, 4) is 0 Å². The van der Waals surface area contributed by atoms with Crippen LogP contribution in [0.5, 0.6) is 0 Å². The normalized spacial score (nSPS) is 12.7. The number of carbonyl (C=O) groups is 4. The molecule has 0 saturated carbocycles. The molecule has 3 N–H and O–H groups in total. The first-order valence-corrected chi connectivity index (χ1v) is 12.7. The van der Waals surface area contributed by atoms with Crippen molar-refractivity contribution in [3.05, 3.63) is 71.8 Å². The van der Waals surface area contributed by atoms with Crippen LogP contribution in [0.2, 0.25) is 0 Å². The highest BCUT2D eigenvalue weighted by Gasteiger charge is 2.29. The zero-order valence-corrected chi connectivity index (χ0v) is 22.8. The summed E-state index contributed by atoms with van der Waals surface area (Å²) in [5, 5.41) is 7.81. The molecule has 0 spiro atoms. The fourth-order valence-electron chi connectivity index (χ4n) is 3.56. The summed E-state index contributed by atoms with van der Waals surface area (Å²) < 4.78 is 10.6. The van der Waals surface area contributed by atoms with E-state index in [0.29, 0.717) is 6.42 Å². The Morgan fingerprint density at radius 1 is 0.816 bits per heavy atom. The number of alkyl carbamates (subject to hydrolysis) is 1. The Hall–Kier alpha value is -3.88. The summed E-state index contributed by atoms with van der Waals surface area (Å²) in [5.41, 5.74) is 0.970. The van der Waals surface area contributed by atoms with E-state index >= 15 is 0 Å². The SMILES string of the molecule is CC(C)C[C@H](NC(=O)CNC(=O)OC(C)(C)C)C(=O)N[C@@H](Cc1ccccc1)C(=O)OCc1ccccc1. The molecule has 0 radical (unpaired) electrons. The highest BCUT2D eigenvalue weighted by atomic mass is 16.6. The van der Waals surface area contributed by atoms with E-state index in [9.17, 15) is 19.2 Å². The molecule has 3 amide bonds. The van der Waals surface area contributed by atoms with E-state index < -0.39 is 41.6 Å². The van der Waals surface area contributed by atoms with Crippen LogP contribution in [-0.4, -0.2) is 48.1 Å². The Bertz CT molecular complexity index is 1050. The second-order valence-corrected chi connectivity index (χ2v) is 10.4. The number of benzene rings is 2. The molecule has 0 aliphatic rings. The zero-order chi connectivity index (χ0) is 28.1. The molecule has 0 aliphatic carbocycles. The molecular weight excluding hydrogens is 486 g/mol. The van der Waals surface area contributed by atoms with Crippen molar-refractivity contribution in [1.29, 1.82) is 0 Å². The summed E-state index contributed by atoms with van der Waals surface area (Å²) in [6.45, 7) is 8.69. The molecule has 9 nitrogen and oxygen atoms in total. The lowest BCUT2D eigenvalue weighted by atomic mass is 10.0. The average molecular weight is 526 g/mol. The molecule has 206 valence electrons. The van der Waals surface area contributed by atoms with Crippen LogP contribution < -0.4 is 16.0 Å². The van der Waals surface area contributed by atoms with E-state index in [1.807, 2.05) is 74.5 Å². The predicted molar refractivity (Wildman–Crippen MR) is 144 cm³/mol. The van der Waals surface area contributed by atoms with Gasteiger partial charge in [-0.25, -0.2) is 9.59 Å². The van der Waals surface area contributed by atoms with Crippen LogP contribution in [0.4, 0.5) is 4.79 Å². The maximum absolute atomic E-state index is 13.3. The number of carbonyl (C=O) groups excluding carboxylic acids is 4. The van der Waals surface area contributed by atoms with Crippen LogP contribution in [0.25, 0.3) is 0 Å². The molecule has 0 unspecified atom stereocenters. The van der Waals surface area contributed by atoms with E-state index in [-0.39, 0.29) is 25.5 Å². The van der Waals surface area contributed by atoms with Crippen molar-refractivity contribution in [2.75, 3.05) is 6.54 Å². The second kappa shape index (κ2) is 14.8. The first kappa shape index (κ1) is 30.3. The lowest BCUT2D eigenvalue weighted by Crippen LogP contribution is -2.54. The monoisotopic (exact) mass is 525 g/mol. The number of hydrogen-bond acceptors (Lipinski definition) is 6. The van der Waals surface area contributed by atoms with E-state index in [1.165, 1.54) is 0 Å². The van der Waals surface area contributed by atoms with Gasteiger partial charge < -0.3 is 25.4 Å². The van der Waals surface area contributed by atoms with Gasteiger partial charge in [-0.05, 0) is 44.2 Å². The summed E-state index contributed by atoms with van der Waals surface area (Å²) in [5.74, 6) is -1.57. The van der Waals surface area contributed by atoms with Gasteiger partial charge in [0.15, 0.2) is 0 Å². The number of esters is 1. The van der Waals surface area contributed by atoms with Gasteiger partial charge >= 0.3 is 12.1 Å². The van der Waals surface area contributed by atoms with Gasteiger partial charge in [0.05, 0.1) is 0 Å². The smallest absolute Gasteiger partial charge is 0.408 e. The standard InChI is InChI=1S/C29H39N3O6/c1-20(2)16-23(31-25(33)18-30-28(36)38-29(3,4)5)26(34)32-24(17-21-12-8-6-9-13-21)27(35)37-19-22-14-10-7-11-15-22/h6-15,20,23-24H,16-19H2,1-5H3,(H,30,36)(H,31,33)(H,32,34)/t23-,24-/m0/s1. The maximum atomic E-state index is 13.3. The largest absolute Gasteiger partial charge is 0.459 e. The molecule has 9 heteroatoms. The van der Waals surface area contributed by atoms with Gasteiger partial charge in [-0.2, -0.15) is 0 Å². The van der Waals surface area contributed by atoms with Crippen molar-refractivity contribution >= 4 is 23.9 Å². The molecule has 0 aromatic heterocycles.